The number of methoxy groups -OCH3 is 1. The van der Waals surface area contributed by atoms with Crippen LogP contribution in [0, 0.1) is 19.8 Å². The molecule has 1 unspecified atom stereocenters. The number of nitrogens with one attached hydrogen (secondary N) is 1. The molecule has 1 saturated carbocycles. The lowest BCUT2D eigenvalue weighted by Gasteiger charge is -2.36. The highest BCUT2D eigenvalue weighted by Gasteiger charge is 2.26. The first-order chi connectivity index (χ1) is 17.4. The van der Waals surface area contributed by atoms with E-state index in [0.29, 0.717) is 29.1 Å². The summed E-state index contributed by atoms with van der Waals surface area (Å²) in [6.07, 6.45) is 4.54. The van der Waals surface area contributed by atoms with E-state index < -0.39 is 11.0 Å². The van der Waals surface area contributed by atoms with Gasteiger partial charge in [0.1, 0.15) is 16.7 Å². The van der Waals surface area contributed by atoms with Crippen molar-refractivity contribution < 1.29 is 18.5 Å². The van der Waals surface area contributed by atoms with Gasteiger partial charge in [0.25, 0.3) is 0 Å². The summed E-state index contributed by atoms with van der Waals surface area (Å²) < 4.78 is 19.8. The maximum atomic E-state index is 13.1. The summed E-state index contributed by atoms with van der Waals surface area (Å²) in [4.78, 5) is 32.2. The predicted octanol–water partition coefficient (Wildman–Crippen LogP) is 1.89. The van der Waals surface area contributed by atoms with Gasteiger partial charge in [0.2, 0.25) is 11.8 Å². The van der Waals surface area contributed by atoms with Gasteiger partial charge >= 0.3 is 0 Å². The number of aryl methyl sites for hydroxylation is 2. The number of hydrogen-bond acceptors (Lipinski definition) is 6. The van der Waals surface area contributed by atoms with Crippen LogP contribution < -0.4 is 10.1 Å². The Hall–Kier alpha value is -2.01. The molecule has 1 aliphatic rings. The van der Waals surface area contributed by atoms with Crippen molar-refractivity contribution in [3.63, 3.8) is 0 Å². The fourth-order valence-corrected chi connectivity index (χ4v) is 6.10. The summed E-state index contributed by atoms with van der Waals surface area (Å²) >= 11 is 0. The molecule has 9 nitrogen and oxygen atoms in total. The second-order valence-electron chi connectivity index (χ2n) is 10.6. The van der Waals surface area contributed by atoms with Gasteiger partial charge in [0, 0.05) is 39.8 Å². The van der Waals surface area contributed by atoms with Gasteiger partial charge in [-0.3, -0.25) is 9.59 Å². The average Bonchev–Trinajstić information content (AvgIpc) is 2.85. The van der Waals surface area contributed by atoms with Crippen molar-refractivity contribution in [2.45, 2.75) is 50.5 Å². The van der Waals surface area contributed by atoms with Gasteiger partial charge in [-0.1, -0.05) is 0 Å². The maximum Gasteiger partial charge on any atom is 0.241 e. The van der Waals surface area contributed by atoms with Gasteiger partial charge in [-0.15, -0.1) is 0 Å². The molecule has 1 aromatic carbocycles. The zero-order valence-corrected chi connectivity index (χ0v) is 24.8. The van der Waals surface area contributed by atoms with Crippen LogP contribution in [0.1, 0.15) is 36.8 Å². The van der Waals surface area contributed by atoms with Crippen molar-refractivity contribution in [2.24, 2.45) is 5.92 Å². The van der Waals surface area contributed by atoms with Gasteiger partial charge in [-0.05, 0) is 89.9 Å². The zero-order valence-electron chi connectivity index (χ0n) is 24.0. The third kappa shape index (κ3) is 9.67. The largest absolute Gasteiger partial charge is 0.497 e. The molecule has 37 heavy (non-hydrogen) atoms. The van der Waals surface area contributed by atoms with Crippen LogP contribution in [-0.2, 0) is 20.6 Å². The first kappa shape index (κ1) is 31.2. The topological polar surface area (TPSA) is 85.4 Å². The standard InChI is InChI=1S/C27H47N5O4S/c1-20-15-24(36-8)16-21(2)27(20)37(35)32(7)19-25(33)28-17-26(34)31(6)18-22-9-11-23(12-10-22)30(5)14-13-29(3)4/h15-16,22-23H,9-14,17-19H2,1-8H3,(H,28,33). The molecule has 1 aromatic rings. The van der Waals surface area contributed by atoms with E-state index in [9.17, 15) is 13.8 Å². The zero-order chi connectivity index (χ0) is 27.7. The van der Waals surface area contributed by atoms with Crippen molar-refractivity contribution in [2.75, 3.05) is 75.1 Å². The van der Waals surface area contributed by atoms with Crippen molar-refractivity contribution in [1.82, 2.24) is 24.3 Å². The SMILES string of the molecule is COc1cc(C)c(S(=O)N(C)CC(=O)NCC(=O)N(C)CC2CCC(N(C)CCN(C)C)CC2)c(C)c1. The fraction of sp³-hybridized carbons (Fsp3) is 0.704. The number of rotatable bonds is 13. The minimum atomic E-state index is -1.50. The predicted molar refractivity (Wildman–Crippen MR) is 149 cm³/mol. The molecule has 0 spiro atoms. The third-order valence-electron chi connectivity index (χ3n) is 7.23. The van der Waals surface area contributed by atoms with E-state index in [1.807, 2.05) is 26.0 Å². The fourth-order valence-electron chi connectivity index (χ4n) is 4.88. The van der Waals surface area contributed by atoms with Gasteiger partial charge < -0.3 is 24.8 Å². The molecule has 2 rings (SSSR count). The van der Waals surface area contributed by atoms with Crippen LogP contribution in [0.3, 0.4) is 0 Å². The molecule has 210 valence electrons. The number of amides is 2. The minimum Gasteiger partial charge on any atom is -0.497 e. The van der Waals surface area contributed by atoms with Crippen LogP contribution in [0.5, 0.6) is 5.75 Å². The summed E-state index contributed by atoms with van der Waals surface area (Å²) in [6.45, 7) is 6.47. The van der Waals surface area contributed by atoms with E-state index in [1.165, 1.54) is 4.31 Å². The van der Waals surface area contributed by atoms with Crippen LogP contribution in [0.25, 0.3) is 0 Å². The van der Waals surface area contributed by atoms with E-state index >= 15 is 0 Å². The molecule has 1 N–H and O–H groups in total. The molecule has 0 saturated heterocycles. The Morgan fingerprint density at radius 3 is 2.14 bits per heavy atom. The third-order valence-corrected chi connectivity index (χ3v) is 8.92. The Morgan fingerprint density at radius 1 is 1.00 bits per heavy atom. The number of nitrogens with zero attached hydrogens (tertiary/aromatic N) is 4. The summed E-state index contributed by atoms with van der Waals surface area (Å²) in [6, 6.07) is 4.28. The first-order valence-electron chi connectivity index (χ1n) is 13.1. The smallest absolute Gasteiger partial charge is 0.241 e. The van der Waals surface area contributed by atoms with Crippen LogP contribution in [0.2, 0.25) is 0 Å². The minimum absolute atomic E-state index is 0.0565. The lowest BCUT2D eigenvalue weighted by molar-refractivity contribution is -0.132. The molecular formula is C27H47N5O4S. The Bertz CT molecular complexity index is 910. The van der Waals surface area contributed by atoms with E-state index in [4.69, 9.17) is 4.74 Å². The molecular weight excluding hydrogens is 490 g/mol. The van der Waals surface area contributed by atoms with E-state index in [-0.39, 0.29) is 24.9 Å². The van der Waals surface area contributed by atoms with E-state index in [0.717, 1.165) is 49.9 Å². The van der Waals surface area contributed by atoms with Gasteiger partial charge in [0.05, 0.1) is 25.1 Å². The maximum absolute atomic E-state index is 13.1. The molecule has 1 atom stereocenters. The highest BCUT2D eigenvalue weighted by Crippen LogP contribution is 2.28. The number of likely N-dealkylation sites (N-methyl/N-ethyl adjacent to an activating group) is 4. The molecule has 0 aromatic heterocycles. The Balaban J connectivity index is 1.75. The van der Waals surface area contributed by atoms with E-state index in [2.05, 4.69) is 36.3 Å². The highest BCUT2D eigenvalue weighted by atomic mass is 32.2. The van der Waals surface area contributed by atoms with Crippen LogP contribution in [0.4, 0.5) is 0 Å². The van der Waals surface area contributed by atoms with Gasteiger partial charge in [0.15, 0.2) is 0 Å². The van der Waals surface area contributed by atoms with Crippen LogP contribution in [0.15, 0.2) is 17.0 Å². The Labute approximate surface area is 226 Å². The number of carbonyl (C=O) groups is 2. The number of carbonyl (C=O) groups excluding carboxylic acids is 2. The molecule has 10 heteroatoms. The second-order valence-corrected chi connectivity index (χ2v) is 12.2. The summed E-state index contributed by atoms with van der Waals surface area (Å²) in [5, 5.41) is 2.69. The second kappa shape index (κ2) is 14.8. The summed E-state index contributed by atoms with van der Waals surface area (Å²) in [5.41, 5.74) is 1.68. The van der Waals surface area contributed by atoms with Crippen LogP contribution in [-0.4, -0.2) is 116 Å². The van der Waals surface area contributed by atoms with E-state index in [1.54, 1.807) is 26.1 Å². The molecule has 1 aliphatic carbocycles. The summed E-state index contributed by atoms with van der Waals surface area (Å²) in [5.74, 6) is 0.763. The quantitative estimate of drug-likeness (QED) is 0.414. The Kier molecular flexibility index (Phi) is 12.5. The van der Waals surface area contributed by atoms with Gasteiger partial charge in [-0.2, -0.15) is 0 Å². The number of benzene rings is 1. The molecule has 2 amide bonds. The lowest BCUT2D eigenvalue weighted by atomic mass is 9.85. The van der Waals surface area contributed by atoms with Crippen molar-refractivity contribution in [1.29, 1.82) is 0 Å². The number of hydrogen-bond donors (Lipinski definition) is 1. The molecule has 1 fully saturated rings. The van der Waals surface area contributed by atoms with Crippen molar-refractivity contribution in [3.8, 4) is 5.75 Å². The van der Waals surface area contributed by atoms with Crippen LogP contribution >= 0.6 is 0 Å². The average molecular weight is 538 g/mol. The van der Waals surface area contributed by atoms with Crippen molar-refractivity contribution in [3.05, 3.63) is 23.3 Å². The number of ether oxygens (including phenoxy) is 1. The van der Waals surface area contributed by atoms with Crippen molar-refractivity contribution >= 4 is 22.8 Å². The molecule has 0 aliphatic heterocycles. The summed E-state index contributed by atoms with van der Waals surface area (Å²) in [7, 11) is 9.94. The monoisotopic (exact) mass is 537 g/mol. The normalized spacial score (nSPS) is 18.8. The highest BCUT2D eigenvalue weighted by molar-refractivity contribution is 7.82. The lowest BCUT2D eigenvalue weighted by Crippen LogP contribution is -2.44. The molecule has 0 heterocycles. The molecule has 0 radical (unpaired) electrons. The van der Waals surface area contributed by atoms with Gasteiger partial charge in [-0.25, -0.2) is 8.51 Å². The Morgan fingerprint density at radius 2 is 1.59 bits per heavy atom. The first-order valence-corrected chi connectivity index (χ1v) is 14.2. The molecule has 0 bridgehead atoms.